The van der Waals surface area contributed by atoms with Crippen LogP contribution in [0.5, 0.6) is 0 Å². The number of aromatic carboxylic acids is 1. The number of carbonyl (C=O) groups excluding carboxylic acids is 1. The predicted molar refractivity (Wildman–Crippen MR) is 93.9 cm³/mol. The molecule has 5 heteroatoms. The van der Waals surface area contributed by atoms with Crippen LogP contribution in [-0.2, 0) is 11.3 Å². The average molecular weight is 332 g/mol. The normalized spacial score (nSPS) is 15.9. The van der Waals surface area contributed by atoms with Gasteiger partial charge < -0.3 is 10.4 Å². The standard InChI is InChI=1S/C19H28N2O3/c1-19(2,18(24)20-12-14-7-4-3-5-8-14)21-13-15-9-6-10-16(11-15)17(22)23/h6,9-11,14,21H,3-5,7-8,12-13H2,1-2H3,(H,20,24)(H,22,23). The first-order chi connectivity index (χ1) is 11.4. The van der Waals surface area contributed by atoms with Crippen molar-refractivity contribution in [2.45, 2.75) is 58.0 Å². The highest BCUT2D eigenvalue weighted by atomic mass is 16.4. The van der Waals surface area contributed by atoms with E-state index in [0.29, 0.717) is 12.5 Å². The first kappa shape index (κ1) is 18.5. The topological polar surface area (TPSA) is 78.4 Å². The van der Waals surface area contributed by atoms with Crippen molar-refractivity contribution in [1.82, 2.24) is 10.6 Å². The van der Waals surface area contributed by atoms with E-state index in [1.165, 1.54) is 32.1 Å². The van der Waals surface area contributed by atoms with Crippen molar-refractivity contribution in [2.75, 3.05) is 6.54 Å². The second kappa shape index (κ2) is 8.29. The molecule has 1 aliphatic carbocycles. The molecule has 0 saturated heterocycles. The maximum absolute atomic E-state index is 12.4. The van der Waals surface area contributed by atoms with E-state index in [2.05, 4.69) is 10.6 Å². The van der Waals surface area contributed by atoms with Crippen LogP contribution >= 0.6 is 0 Å². The van der Waals surface area contributed by atoms with E-state index in [0.717, 1.165) is 12.1 Å². The molecule has 1 amide bonds. The molecular weight excluding hydrogens is 304 g/mol. The Morgan fingerprint density at radius 2 is 1.92 bits per heavy atom. The molecule has 0 aromatic heterocycles. The van der Waals surface area contributed by atoms with Crippen LogP contribution in [0.3, 0.4) is 0 Å². The summed E-state index contributed by atoms with van der Waals surface area (Å²) in [5.74, 6) is -0.352. The SMILES string of the molecule is CC(C)(NCc1cccc(C(=O)O)c1)C(=O)NCC1CCCCC1. The molecule has 1 aromatic carbocycles. The number of rotatable bonds is 7. The van der Waals surface area contributed by atoms with E-state index in [9.17, 15) is 9.59 Å². The van der Waals surface area contributed by atoms with Crippen LogP contribution in [0.25, 0.3) is 0 Å². The summed E-state index contributed by atoms with van der Waals surface area (Å²) < 4.78 is 0. The molecule has 3 N–H and O–H groups in total. The van der Waals surface area contributed by atoms with E-state index in [4.69, 9.17) is 5.11 Å². The first-order valence-corrected chi connectivity index (χ1v) is 8.74. The van der Waals surface area contributed by atoms with Gasteiger partial charge in [0.05, 0.1) is 11.1 Å². The van der Waals surface area contributed by atoms with Gasteiger partial charge in [0, 0.05) is 13.1 Å². The monoisotopic (exact) mass is 332 g/mol. The van der Waals surface area contributed by atoms with Gasteiger partial charge in [0.15, 0.2) is 0 Å². The van der Waals surface area contributed by atoms with Gasteiger partial charge >= 0.3 is 5.97 Å². The van der Waals surface area contributed by atoms with Crippen molar-refractivity contribution < 1.29 is 14.7 Å². The van der Waals surface area contributed by atoms with Gasteiger partial charge in [-0.05, 0) is 50.3 Å². The van der Waals surface area contributed by atoms with Crippen LogP contribution in [0.1, 0.15) is 61.9 Å². The van der Waals surface area contributed by atoms with Gasteiger partial charge in [0.25, 0.3) is 0 Å². The fourth-order valence-electron chi connectivity index (χ4n) is 3.07. The van der Waals surface area contributed by atoms with Crippen LogP contribution in [0, 0.1) is 5.92 Å². The Balaban J connectivity index is 1.84. The first-order valence-electron chi connectivity index (χ1n) is 8.74. The smallest absolute Gasteiger partial charge is 0.335 e. The number of carboxylic acid groups (broad SMARTS) is 1. The van der Waals surface area contributed by atoms with Crippen LogP contribution in [0.2, 0.25) is 0 Å². The zero-order valence-electron chi connectivity index (χ0n) is 14.6. The predicted octanol–water partition coefficient (Wildman–Crippen LogP) is 2.95. The van der Waals surface area contributed by atoms with Crippen LogP contribution in [0.15, 0.2) is 24.3 Å². The maximum atomic E-state index is 12.4. The lowest BCUT2D eigenvalue weighted by molar-refractivity contribution is -0.126. The quantitative estimate of drug-likeness (QED) is 0.717. The average Bonchev–Trinajstić information content (AvgIpc) is 2.59. The Kier molecular flexibility index (Phi) is 6.37. The molecule has 0 bridgehead atoms. The minimum absolute atomic E-state index is 0.0116. The van der Waals surface area contributed by atoms with Crippen molar-refractivity contribution in [3.8, 4) is 0 Å². The molecule has 0 unspecified atom stereocenters. The number of carbonyl (C=O) groups is 2. The Morgan fingerprint density at radius 1 is 1.21 bits per heavy atom. The van der Waals surface area contributed by atoms with E-state index in [1.807, 2.05) is 19.9 Å². The molecule has 0 heterocycles. The van der Waals surface area contributed by atoms with Crippen molar-refractivity contribution in [2.24, 2.45) is 5.92 Å². The number of carboxylic acids is 1. The molecular formula is C19H28N2O3. The van der Waals surface area contributed by atoms with E-state index < -0.39 is 11.5 Å². The van der Waals surface area contributed by atoms with Gasteiger partial charge in [-0.3, -0.25) is 10.1 Å². The number of amides is 1. The Morgan fingerprint density at radius 3 is 2.58 bits per heavy atom. The molecule has 1 fully saturated rings. The maximum Gasteiger partial charge on any atom is 0.335 e. The van der Waals surface area contributed by atoms with E-state index in [1.54, 1.807) is 18.2 Å². The summed E-state index contributed by atoms with van der Waals surface area (Å²) in [6, 6.07) is 6.77. The third-order valence-electron chi connectivity index (χ3n) is 4.75. The molecule has 5 nitrogen and oxygen atoms in total. The highest BCUT2D eigenvalue weighted by Gasteiger charge is 2.27. The fourth-order valence-corrected chi connectivity index (χ4v) is 3.07. The molecule has 1 aromatic rings. The largest absolute Gasteiger partial charge is 0.478 e. The lowest BCUT2D eigenvalue weighted by Gasteiger charge is -2.28. The van der Waals surface area contributed by atoms with Crippen molar-refractivity contribution >= 4 is 11.9 Å². The Hall–Kier alpha value is -1.88. The van der Waals surface area contributed by atoms with Gasteiger partial charge in [-0.2, -0.15) is 0 Å². The van der Waals surface area contributed by atoms with Gasteiger partial charge in [0.1, 0.15) is 0 Å². The van der Waals surface area contributed by atoms with E-state index in [-0.39, 0.29) is 11.5 Å². The minimum atomic E-state index is -0.943. The summed E-state index contributed by atoms with van der Waals surface area (Å²) in [4.78, 5) is 23.4. The second-order valence-electron chi connectivity index (χ2n) is 7.20. The van der Waals surface area contributed by atoms with Crippen molar-refractivity contribution in [1.29, 1.82) is 0 Å². The van der Waals surface area contributed by atoms with Gasteiger partial charge in [-0.25, -0.2) is 4.79 Å². The molecule has 1 saturated carbocycles. The zero-order chi connectivity index (χ0) is 17.6. The lowest BCUT2D eigenvalue weighted by Crippen LogP contribution is -2.53. The van der Waals surface area contributed by atoms with Crippen LogP contribution in [-0.4, -0.2) is 29.1 Å². The molecule has 1 aliphatic rings. The van der Waals surface area contributed by atoms with Gasteiger partial charge in [-0.15, -0.1) is 0 Å². The summed E-state index contributed by atoms with van der Waals surface area (Å²) in [6.45, 7) is 4.90. The Labute approximate surface area is 143 Å². The molecule has 0 radical (unpaired) electrons. The highest BCUT2D eigenvalue weighted by Crippen LogP contribution is 2.22. The molecule has 24 heavy (non-hydrogen) atoms. The number of benzene rings is 1. The summed E-state index contributed by atoms with van der Waals surface area (Å²) >= 11 is 0. The summed E-state index contributed by atoms with van der Waals surface area (Å²) in [7, 11) is 0. The number of hydrogen-bond donors (Lipinski definition) is 3. The highest BCUT2D eigenvalue weighted by molar-refractivity contribution is 5.87. The molecule has 0 atom stereocenters. The number of nitrogens with one attached hydrogen (secondary N) is 2. The molecule has 0 spiro atoms. The number of hydrogen-bond acceptors (Lipinski definition) is 3. The van der Waals surface area contributed by atoms with Crippen molar-refractivity contribution in [3.63, 3.8) is 0 Å². The molecule has 2 rings (SSSR count). The van der Waals surface area contributed by atoms with Crippen LogP contribution < -0.4 is 10.6 Å². The minimum Gasteiger partial charge on any atom is -0.478 e. The third kappa shape index (κ3) is 5.34. The van der Waals surface area contributed by atoms with Gasteiger partial charge in [0.2, 0.25) is 5.91 Å². The van der Waals surface area contributed by atoms with Gasteiger partial charge in [-0.1, -0.05) is 31.4 Å². The lowest BCUT2D eigenvalue weighted by atomic mass is 9.89. The zero-order valence-corrected chi connectivity index (χ0v) is 14.6. The summed E-state index contributed by atoms with van der Waals surface area (Å²) in [5.41, 5.74) is 0.408. The summed E-state index contributed by atoms with van der Waals surface area (Å²) in [6.07, 6.45) is 6.25. The molecule has 132 valence electrons. The summed E-state index contributed by atoms with van der Waals surface area (Å²) in [5, 5.41) is 15.3. The Bertz CT molecular complexity index is 578. The fraction of sp³-hybridized carbons (Fsp3) is 0.579. The van der Waals surface area contributed by atoms with E-state index >= 15 is 0 Å². The third-order valence-corrected chi connectivity index (χ3v) is 4.75. The second-order valence-corrected chi connectivity index (χ2v) is 7.20. The molecule has 0 aliphatic heterocycles. The van der Waals surface area contributed by atoms with Crippen LogP contribution in [0.4, 0.5) is 0 Å². The van der Waals surface area contributed by atoms with Crippen molar-refractivity contribution in [3.05, 3.63) is 35.4 Å².